The lowest BCUT2D eigenvalue weighted by atomic mass is 10.0. The smallest absolute Gasteiger partial charge is 0.189 e. The van der Waals surface area contributed by atoms with E-state index in [1.807, 2.05) is 32.0 Å². The van der Waals surface area contributed by atoms with Crippen LogP contribution in [0.5, 0.6) is 5.75 Å². The molecular formula is C24H32N4O4S. The highest BCUT2D eigenvalue weighted by Gasteiger charge is 2.21. The normalized spacial score (nSPS) is 16.8. The van der Waals surface area contributed by atoms with Gasteiger partial charge in [-0.25, -0.2) is 8.42 Å². The molecule has 1 N–H and O–H groups in total. The van der Waals surface area contributed by atoms with Crippen LogP contribution in [0.2, 0.25) is 0 Å². The SMILES string of the molecule is C#Cc1ccc(-c2nnc(N[C@@H]3CCCN(CCS(C)(=O)=O)C3)cc2C)c(OCOCC)c1. The third-order valence-corrected chi connectivity index (χ3v) is 6.45. The predicted octanol–water partition coefficient (Wildman–Crippen LogP) is 2.73. The zero-order valence-electron chi connectivity index (χ0n) is 19.5. The van der Waals surface area contributed by atoms with Gasteiger partial charge >= 0.3 is 0 Å². The number of hydrogen-bond acceptors (Lipinski definition) is 8. The Morgan fingerprint density at radius 3 is 2.82 bits per heavy atom. The quantitative estimate of drug-likeness (QED) is 0.321. The largest absolute Gasteiger partial charge is 0.467 e. The van der Waals surface area contributed by atoms with Crippen molar-refractivity contribution in [1.82, 2.24) is 15.1 Å². The van der Waals surface area contributed by atoms with Gasteiger partial charge in [-0.05, 0) is 63.1 Å². The van der Waals surface area contributed by atoms with Gasteiger partial charge in [-0.2, -0.15) is 0 Å². The van der Waals surface area contributed by atoms with Gasteiger partial charge in [0.2, 0.25) is 0 Å². The van der Waals surface area contributed by atoms with Crippen molar-refractivity contribution in [1.29, 1.82) is 0 Å². The number of piperidine rings is 1. The Morgan fingerprint density at radius 2 is 2.12 bits per heavy atom. The molecule has 2 heterocycles. The number of sulfone groups is 1. The van der Waals surface area contributed by atoms with Crippen LogP contribution in [-0.2, 0) is 14.6 Å². The van der Waals surface area contributed by atoms with Gasteiger partial charge in [0.15, 0.2) is 6.79 Å². The van der Waals surface area contributed by atoms with Crippen LogP contribution < -0.4 is 10.1 Å². The molecule has 1 aliphatic heterocycles. The molecule has 8 nitrogen and oxygen atoms in total. The highest BCUT2D eigenvalue weighted by atomic mass is 32.2. The average Bonchev–Trinajstić information content (AvgIpc) is 2.78. The third kappa shape index (κ3) is 7.42. The number of aryl methyl sites for hydroxylation is 1. The summed E-state index contributed by atoms with van der Waals surface area (Å²) in [6, 6.07) is 7.70. The van der Waals surface area contributed by atoms with Crippen LogP contribution in [0.4, 0.5) is 5.82 Å². The number of ether oxygens (including phenoxy) is 2. The summed E-state index contributed by atoms with van der Waals surface area (Å²) in [7, 11) is -2.97. The topological polar surface area (TPSA) is 93.7 Å². The van der Waals surface area contributed by atoms with E-state index < -0.39 is 9.84 Å². The minimum Gasteiger partial charge on any atom is -0.467 e. The summed E-state index contributed by atoms with van der Waals surface area (Å²) in [5, 5.41) is 12.3. The average molecular weight is 473 g/mol. The first-order chi connectivity index (χ1) is 15.8. The van der Waals surface area contributed by atoms with Gasteiger partial charge in [0, 0.05) is 43.1 Å². The van der Waals surface area contributed by atoms with Gasteiger partial charge < -0.3 is 19.7 Å². The zero-order chi connectivity index (χ0) is 23.8. The highest BCUT2D eigenvalue weighted by molar-refractivity contribution is 7.90. The molecule has 0 unspecified atom stereocenters. The molecule has 0 aliphatic carbocycles. The third-order valence-electron chi connectivity index (χ3n) is 5.53. The molecule has 2 aromatic rings. The molecule has 178 valence electrons. The van der Waals surface area contributed by atoms with Crippen LogP contribution in [0.15, 0.2) is 24.3 Å². The summed E-state index contributed by atoms with van der Waals surface area (Å²) in [6.07, 6.45) is 8.83. The molecule has 0 amide bonds. The Labute approximate surface area is 196 Å². The van der Waals surface area contributed by atoms with Crippen molar-refractivity contribution in [3.05, 3.63) is 35.4 Å². The van der Waals surface area contributed by atoms with E-state index in [1.165, 1.54) is 6.26 Å². The summed E-state index contributed by atoms with van der Waals surface area (Å²) in [5.74, 6) is 4.10. The van der Waals surface area contributed by atoms with Crippen molar-refractivity contribution in [2.75, 3.05) is 50.4 Å². The molecule has 1 atom stereocenters. The second-order valence-electron chi connectivity index (χ2n) is 8.29. The van der Waals surface area contributed by atoms with Crippen molar-refractivity contribution < 1.29 is 17.9 Å². The summed E-state index contributed by atoms with van der Waals surface area (Å²) in [5.41, 5.74) is 3.18. The van der Waals surface area contributed by atoms with Crippen LogP contribution in [0.3, 0.4) is 0 Å². The van der Waals surface area contributed by atoms with Crippen molar-refractivity contribution in [3.8, 4) is 29.4 Å². The molecule has 33 heavy (non-hydrogen) atoms. The van der Waals surface area contributed by atoms with E-state index in [-0.39, 0.29) is 18.6 Å². The lowest BCUT2D eigenvalue weighted by Gasteiger charge is -2.33. The summed E-state index contributed by atoms with van der Waals surface area (Å²) in [4.78, 5) is 2.19. The standard InChI is InChI=1S/C24H32N4O4S/c1-5-19-9-10-21(22(15-19)32-17-31-6-2)24-18(3)14-23(26-27-24)25-20-8-7-11-28(16-20)12-13-33(4,29)30/h1,9-10,14-15,20H,6-8,11-13,16-17H2,2-4H3,(H,25,26)/t20-/m1/s1. The first-order valence-electron chi connectivity index (χ1n) is 11.1. The Hall–Kier alpha value is -2.67. The van der Waals surface area contributed by atoms with Gasteiger partial charge in [-0.15, -0.1) is 16.6 Å². The monoisotopic (exact) mass is 472 g/mol. The number of benzene rings is 1. The molecule has 9 heteroatoms. The Bertz CT molecular complexity index is 1100. The second kappa shape index (κ2) is 11.5. The number of likely N-dealkylation sites (tertiary alicyclic amines) is 1. The number of anilines is 1. The Balaban J connectivity index is 1.72. The van der Waals surface area contributed by atoms with Crippen molar-refractivity contribution in [3.63, 3.8) is 0 Å². The summed E-state index contributed by atoms with van der Waals surface area (Å²) >= 11 is 0. The summed E-state index contributed by atoms with van der Waals surface area (Å²) < 4.78 is 34.1. The molecular weight excluding hydrogens is 440 g/mol. The van der Waals surface area contributed by atoms with Crippen LogP contribution in [0.25, 0.3) is 11.3 Å². The lowest BCUT2D eigenvalue weighted by molar-refractivity contribution is 0.0227. The van der Waals surface area contributed by atoms with E-state index in [0.717, 1.165) is 37.1 Å². The van der Waals surface area contributed by atoms with E-state index in [4.69, 9.17) is 15.9 Å². The minimum absolute atomic E-state index is 0.126. The molecule has 0 saturated carbocycles. The fraction of sp³-hybridized carbons (Fsp3) is 0.500. The van der Waals surface area contributed by atoms with E-state index in [0.29, 0.717) is 36.0 Å². The van der Waals surface area contributed by atoms with Gasteiger partial charge in [0.1, 0.15) is 21.4 Å². The van der Waals surface area contributed by atoms with Crippen LogP contribution in [-0.4, -0.2) is 74.6 Å². The van der Waals surface area contributed by atoms with E-state index in [1.54, 1.807) is 6.07 Å². The number of hydrogen-bond donors (Lipinski definition) is 1. The first kappa shape index (κ1) is 25.0. The van der Waals surface area contributed by atoms with Crippen molar-refractivity contribution in [2.24, 2.45) is 0 Å². The van der Waals surface area contributed by atoms with Gasteiger partial charge in [-0.3, -0.25) is 0 Å². The van der Waals surface area contributed by atoms with E-state index >= 15 is 0 Å². The maximum atomic E-state index is 11.5. The highest BCUT2D eigenvalue weighted by Crippen LogP contribution is 2.32. The number of aromatic nitrogens is 2. The van der Waals surface area contributed by atoms with Gasteiger partial charge in [-0.1, -0.05) is 5.92 Å². The Morgan fingerprint density at radius 1 is 1.30 bits per heavy atom. The Kier molecular flexibility index (Phi) is 8.67. The number of rotatable bonds is 10. The molecule has 3 rings (SSSR count). The van der Waals surface area contributed by atoms with Gasteiger partial charge in [0.05, 0.1) is 11.4 Å². The molecule has 0 bridgehead atoms. The lowest BCUT2D eigenvalue weighted by Crippen LogP contribution is -2.43. The molecule has 1 fully saturated rings. The molecule has 1 aliphatic rings. The predicted molar refractivity (Wildman–Crippen MR) is 130 cm³/mol. The molecule has 1 aromatic heterocycles. The minimum atomic E-state index is -2.97. The fourth-order valence-corrected chi connectivity index (χ4v) is 4.41. The maximum Gasteiger partial charge on any atom is 0.189 e. The van der Waals surface area contributed by atoms with Crippen molar-refractivity contribution in [2.45, 2.75) is 32.7 Å². The first-order valence-corrected chi connectivity index (χ1v) is 13.2. The number of nitrogens with one attached hydrogen (secondary N) is 1. The zero-order valence-corrected chi connectivity index (χ0v) is 20.3. The van der Waals surface area contributed by atoms with Crippen LogP contribution >= 0.6 is 0 Å². The number of terminal acetylenes is 1. The van der Waals surface area contributed by atoms with Crippen LogP contribution in [0, 0.1) is 19.3 Å². The summed E-state index contributed by atoms with van der Waals surface area (Å²) in [6.45, 7) is 6.81. The molecule has 1 saturated heterocycles. The molecule has 0 spiro atoms. The van der Waals surface area contributed by atoms with Gasteiger partial charge in [0.25, 0.3) is 0 Å². The van der Waals surface area contributed by atoms with Crippen LogP contribution in [0.1, 0.15) is 30.9 Å². The second-order valence-corrected chi connectivity index (χ2v) is 10.5. The molecule has 0 radical (unpaired) electrons. The van der Waals surface area contributed by atoms with E-state index in [2.05, 4.69) is 26.3 Å². The maximum absolute atomic E-state index is 11.5. The number of nitrogens with zero attached hydrogens (tertiary/aromatic N) is 3. The van der Waals surface area contributed by atoms with E-state index in [9.17, 15) is 8.42 Å². The fourth-order valence-electron chi connectivity index (χ4n) is 3.82. The van der Waals surface area contributed by atoms with Crippen molar-refractivity contribution >= 4 is 15.7 Å². The molecule has 1 aromatic carbocycles.